The first-order valence-corrected chi connectivity index (χ1v) is 19.7. The predicted molar refractivity (Wildman–Crippen MR) is 203 cm³/mol. The van der Waals surface area contributed by atoms with Crippen LogP contribution in [-0.2, 0) is 14.8 Å². The number of benzene rings is 4. The molecular weight excluding hydrogens is 686 g/mol. The van der Waals surface area contributed by atoms with Crippen LogP contribution in [0, 0.1) is 0 Å². The van der Waals surface area contributed by atoms with Gasteiger partial charge in [0.2, 0.25) is 0 Å². The van der Waals surface area contributed by atoms with Gasteiger partial charge in [-0.05, 0) is 72.8 Å². The van der Waals surface area contributed by atoms with Crippen molar-refractivity contribution in [1.29, 1.82) is 0 Å². The van der Waals surface area contributed by atoms with Crippen LogP contribution in [0.5, 0.6) is 0 Å². The Balaban J connectivity index is 0.000000142. The Morgan fingerprint density at radius 2 is 0.551 bits per heavy atom. The van der Waals surface area contributed by atoms with Crippen LogP contribution in [0.3, 0.4) is 0 Å². The number of hydrogen-bond donors (Lipinski definition) is 2. The molecule has 0 radical (unpaired) electrons. The van der Waals surface area contributed by atoms with Gasteiger partial charge in [-0.2, -0.15) is 0 Å². The Morgan fingerprint density at radius 3 is 0.796 bits per heavy atom. The number of hydrogen-bond acceptors (Lipinski definition) is 2. The zero-order valence-corrected chi connectivity index (χ0v) is 28.5. The average Bonchev–Trinajstić information content (AvgIpc) is 3.98. The Hall–Kier alpha value is -5.90. The van der Waals surface area contributed by atoms with Crippen LogP contribution in [0.15, 0.2) is 170 Å². The van der Waals surface area contributed by atoms with Gasteiger partial charge in [-0.1, -0.05) is 0 Å². The van der Waals surface area contributed by atoms with E-state index in [0.29, 0.717) is 0 Å². The number of nitrogens with zero attached hydrogens (tertiary/aromatic N) is 2. The Labute approximate surface area is 289 Å². The molecule has 7 aromatic rings. The molecule has 5 heteroatoms. The summed E-state index contributed by atoms with van der Waals surface area (Å²) in [5.41, 5.74) is 7.86. The Bertz CT molecular complexity index is 2090. The minimum atomic E-state index is -2.74. The third-order valence-corrected chi connectivity index (χ3v) is 16.5. The molecule has 2 aliphatic rings. The summed E-state index contributed by atoms with van der Waals surface area (Å²) >= 11 is -2.74. The second-order valence-corrected chi connectivity index (χ2v) is 18.2. The van der Waals surface area contributed by atoms with Crippen LogP contribution < -0.4 is 16.6 Å². The molecule has 5 heterocycles. The molecule has 2 N–H and O–H groups in total. The summed E-state index contributed by atoms with van der Waals surface area (Å²) in [5.74, 6) is 0. The average molecular weight is 720 g/mol. The first kappa shape index (κ1) is 30.4. The number of H-pyrrole nitrogens is 2. The fourth-order valence-electron chi connectivity index (χ4n) is 6.00. The van der Waals surface area contributed by atoms with Gasteiger partial charge in [-0.3, -0.25) is 0 Å². The first-order valence-electron chi connectivity index (χ1n) is 16.2. The van der Waals surface area contributed by atoms with Crippen molar-refractivity contribution < 1.29 is 14.8 Å². The molecule has 0 saturated heterocycles. The van der Waals surface area contributed by atoms with E-state index in [9.17, 15) is 0 Å². The van der Waals surface area contributed by atoms with Crippen molar-refractivity contribution >= 4 is 63.0 Å². The summed E-state index contributed by atoms with van der Waals surface area (Å²) in [6.07, 6.45) is 8.09. The maximum atomic E-state index is 4.63. The van der Waals surface area contributed by atoms with E-state index >= 15 is 0 Å². The molecule has 4 aromatic carbocycles. The summed E-state index contributed by atoms with van der Waals surface area (Å²) < 4.78 is 5.79. The molecule has 0 atom stereocenters. The van der Waals surface area contributed by atoms with Gasteiger partial charge >= 0.3 is 153 Å². The quantitative estimate of drug-likeness (QED) is 0.181. The molecule has 3 aromatic heterocycles. The van der Waals surface area contributed by atoms with Crippen LogP contribution in [0.1, 0.15) is 22.8 Å². The van der Waals surface area contributed by atoms with E-state index < -0.39 is 14.8 Å². The van der Waals surface area contributed by atoms with Crippen molar-refractivity contribution in [2.24, 2.45) is 0 Å². The number of nitrogens with one attached hydrogen (secondary N) is 2. The second kappa shape index (κ2) is 13.7. The topological polar surface area (TPSA) is 57.4 Å². The molecule has 238 valence electrons. The summed E-state index contributed by atoms with van der Waals surface area (Å²) in [7, 11) is 0. The van der Waals surface area contributed by atoms with Gasteiger partial charge in [0.1, 0.15) is 0 Å². The molecule has 0 spiro atoms. The molecule has 0 aliphatic carbocycles. The van der Waals surface area contributed by atoms with Gasteiger partial charge in [0.25, 0.3) is 0 Å². The third kappa shape index (κ3) is 6.50. The molecule has 0 saturated carbocycles. The fourth-order valence-corrected chi connectivity index (χ4v) is 14.3. The van der Waals surface area contributed by atoms with Crippen LogP contribution in [0.4, 0.5) is 0 Å². The zero-order chi connectivity index (χ0) is 32.9. The number of aromatic nitrogens is 4. The van der Waals surface area contributed by atoms with Crippen molar-refractivity contribution in [2.75, 3.05) is 0 Å². The minimum absolute atomic E-state index is 0.939. The molecule has 0 fully saturated rings. The number of aromatic amines is 2. The van der Waals surface area contributed by atoms with Crippen molar-refractivity contribution in [2.45, 2.75) is 0 Å². The van der Waals surface area contributed by atoms with Crippen LogP contribution >= 0.6 is 0 Å². The van der Waals surface area contributed by atoms with Gasteiger partial charge < -0.3 is 9.97 Å². The molecule has 0 amide bonds. The van der Waals surface area contributed by atoms with Crippen molar-refractivity contribution in [3.05, 3.63) is 193 Å². The van der Waals surface area contributed by atoms with Crippen LogP contribution in [-0.4, -0.2) is 19.9 Å². The first-order chi connectivity index (χ1) is 24.2. The van der Waals surface area contributed by atoms with Crippen molar-refractivity contribution in [1.82, 2.24) is 19.9 Å². The summed E-state index contributed by atoms with van der Waals surface area (Å²) in [6, 6.07) is 60.6. The van der Waals surface area contributed by atoms with Gasteiger partial charge in [-0.15, -0.1) is 0 Å². The SMILES string of the molecule is C1=Cc2cc3ccc(cc4nc(cc5ccc(cc1n2)[nH]5)C=C4)[nH]3.c1cc[c]([Ru]([c]2ccccc2)([c]2ccccc2)[c]2ccccc2)cc1. The Morgan fingerprint density at radius 1 is 0.306 bits per heavy atom. The van der Waals surface area contributed by atoms with E-state index in [4.69, 9.17) is 0 Å². The van der Waals surface area contributed by atoms with Crippen LogP contribution in [0.2, 0.25) is 0 Å². The van der Waals surface area contributed by atoms with Gasteiger partial charge in [0.05, 0.1) is 22.8 Å². The molecule has 9 rings (SSSR count). The van der Waals surface area contributed by atoms with E-state index in [-0.39, 0.29) is 0 Å². The molecule has 0 unspecified atom stereocenters. The maximum absolute atomic E-state index is 4.63. The van der Waals surface area contributed by atoms with E-state index in [0.717, 1.165) is 44.8 Å². The van der Waals surface area contributed by atoms with Gasteiger partial charge in [0.15, 0.2) is 0 Å². The summed E-state index contributed by atoms with van der Waals surface area (Å²) in [6.45, 7) is 0. The summed E-state index contributed by atoms with van der Waals surface area (Å²) in [4.78, 5) is 16.0. The zero-order valence-electron chi connectivity index (χ0n) is 26.7. The molecule has 2 aliphatic heterocycles. The molecule has 4 nitrogen and oxygen atoms in total. The standard InChI is InChI=1S/C20H14N4.4C6H5.Ru/c1-2-14-10-16-5-6-18(23-16)12-20-8-7-19(24-20)11-17-4-3-15(22-17)9-13(1)21-14;4*1-2-4-6-5-3-1;/h1-12,21,24H;4*1-5H;. The van der Waals surface area contributed by atoms with Gasteiger partial charge in [0, 0.05) is 22.1 Å². The predicted octanol–water partition coefficient (Wildman–Crippen LogP) is 8.10. The van der Waals surface area contributed by atoms with Crippen molar-refractivity contribution in [3.8, 4) is 0 Å². The van der Waals surface area contributed by atoms with Gasteiger partial charge in [-0.25, -0.2) is 9.97 Å². The van der Waals surface area contributed by atoms with E-state index in [1.165, 1.54) is 16.6 Å². The summed E-state index contributed by atoms with van der Waals surface area (Å²) in [5, 5.41) is 0. The fraction of sp³-hybridized carbons (Fsp3) is 0. The molecule has 8 bridgehead atoms. The molecular formula is C44H34N4Ru. The normalized spacial score (nSPS) is 12.2. The monoisotopic (exact) mass is 720 g/mol. The number of fused-ring (bicyclic) bond motifs is 8. The van der Waals surface area contributed by atoms with E-state index in [1.54, 1.807) is 0 Å². The van der Waals surface area contributed by atoms with E-state index in [2.05, 4.69) is 166 Å². The molecule has 49 heavy (non-hydrogen) atoms. The number of rotatable bonds is 4. The van der Waals surface area contributed by atoms with Crippen molar-refractivity contribution in [3.63, 3.8) is 0 Å². The Kier molecular flexibility index (Phi) is 8.50. The third-order valence-electron chi connectivity index (χ3n) is 8.17. The second-order valence-electron chi connectivity index (χ2n) is 11.6. The van der Waals surface area contributed by atoms with Crippen LogP contribution in [0.25, 0.3) is 46.4 Å². The van der Waals surface area contributed by atoms with E-state index in [1.807, 2.05) is 48.6 Å².